The van der Waals surface area contributed by atoms with E-state index in [1.54, 1.807) is 6.07 Å². The van der Waals surface area contributed by atoms with Crippen LogP contribution in [0.1, 0.15) is 40.5 Å². The fourth-order valence-electron chi connectivity index (χ4n) is 2.46. The average Bonchev–Trinajstić information content (AvgIpc) is 2.40. The van der Waals surface area contributed by atoms with Crippen LogP contribution >= 0.6 is 11.6 Å². The monoisotopic (exact) mass is 328 g/mol. The Bertz CT molecular complexity index is 500. The summed E-state index contributed by atoms with van der Waals surface area (Å²) in [5, 5.41) is 11.0. The van der Waals surface area contributed by atoms with Gasteiger partial charge in [0.2, 0.25) is 0 Å². The average molecular weight is 329 g/mol. The molecule has 0 amide bonds. The van der Waals surface area contributed by atoms with Crippen LogP contribution in [0.2, 0.25) is 5.02 Å². The van der Waals surface area contributed by atoms with Crippen LogP contribution in [-0.2, 0) is 0 Å². The lowest BCUT2D eigenvalue weighted by molar-refractivity contribution is -0.384. The van der Waals surface area contributed by atoms with E-state index in [0.29, 0.717) is 5.75 Å². The number of nitro groups is 1. The molecule has 124 valence electrons. The second-order valence-electron chi connectivity index (χ2n) is 6.01. The van der Waals surface area contributed by atoms with Gasteiger partial charge in [0.25, 0.3) is 5.69 Å². The van der Waals surface area contributed by atoms with Gasteiger partial charge in [-0.3, -0.25) is 15.0 Å². The SMILES string of the molecule is CCCN(CCC)CC(C)(C)Oc1ccc([N+](=O)[O-])cc1Cl. The van der Waals surface area contributed by atoms with Gasteiger partial charge < -0.3 is 4.74 Å². The molecule has 0 fully saturated rings. The molecule has 6 heteroatoms. The molecular formula is C16H25ClN2O3. The Morgan fingerprint density at radius 2 is 1.86 bits per heavy atom. The molecule has 1 rings (SSSR count). The number of nitrogens with zero attached hydrogens (tertiary/aromatic N) is 2. The number of halogens is 1. The number of rotatable bonds is 9. The van der Waals surface area contributed by atoms with Crippen molar-refractivity contribution in [3.8, 4) is 5.75 Å². The van der Waals surface area contributed by atoms with E-state index < -0.39 is 10.5 Å². The molecule has 0 aromatic heterocycles. The third kappa shape index (κ3) is 5.81. The molecule has 0 atom stereocenters. The highest BCUT2D eigenvalue weighted by Crippen LogP contribution is 2.31. The van der Waals surface area contributed by atoms with Crippen molar-refractivity contribution in [1.29, 1.82) is 0 Å². The van der Waals surface area contributed by atoms with Gasteiger partial charge in [-0.25, -0.2) is 0 Å². The molecule has 1 aromatic carbocycles. The Morgan fingerprint density at radius 3 is 2.32 bits per heavy atom. The third-order valence-corrected chi connectivity index (χ3v) is 3.49. The van der Waals surface area contributed by atoms with E-state index >= 15 is 0 Å². The van der Waals surface area contributed by atoms with Gasteiger partial charge >= 0.3 is 0 Å². The Hall–Kier alpha value is -1.33. The molecule has 0 aliphatic carbocycles. The molecule has 0 bridgehead atoms. The van der Waals surface area contributed by atoms with Crippen molar-refractivity contribution >= 4 is 17.3 Å². The highest BCUT2D eigenvalue weighted by molar-refractivity contribution is 6.32. The van der Waals surface area contributed by atoms with E-state index in [0.717, 1.165) is 32.5 Å². The molecule has 0 saturated carbocycles. The van der Waals surface area contributed by atoms with Gasteiger partial charge in [-0.05, 0) is 45.8 Å². The summed E-state index contributed by atoms with van der Waals surface area (Å²) in [5.74, 6) is 0.477. The van der Waals surface area contributed by atoms with Crippen molar-refractivity contribution in [3.05, 3.63) is 33.3 Å². The first kappa shape index (κ1) is 18.7. The minimum atomic E-state index is -0.467. The lowest BCUT2D eigenvalue weighted by Crippen LogP contribution is -2.43. The minimum Gasteiger partial charge on any atom is -0.485 e. The van der Waals surface area contributed by atoms with E-state index in [1.165, 1.54) is 12.1 Å². The molecule has 5 nitrogen and oxygen atoms in total. The van der Waals surface area contributed by atoms with Gasteiger partial charge in [-0.1, -0.05) is 25.4 Å². The van der Waals surface area contributed by atoms with Crippen LogP contribution in [0.5, 0.6) is 5.75 Å². The highest BCUT2D eigenvalue weighted by atomic mass is 35.5. The second-order valence-corrected chi connectivity index (χ2v) is 6.42. The normalized spacial score (nSPS) is 11.7. The number of nitro benzene ring substituents is 1. The maximum atomic E-state index is 10.7. The predicted octanol–water partition coefficient (Wildman–Crippen LogP) is 4.53. The van der Waals surface area contributed by atoms with E-state index in [-0.39, 0.29) is 10.7 Å². The first-order chi connectivity index (χ1) is 10.3. The number of ether oxygens (including phenoxy) is 1. The minimum absolute atomic E-state index is 0.0336. The summed E-state index contributed by atoms with van der Waals surface area (Å²) >= 11 is 6.10. The van der Waals surface area contributed by atoms with Gasteiger partial charge in [0.1, 0.15) is 11.4 Å². The molecule has 0 saturated heterocycles. The first-order valence-corrected chi connectivity index (χ1v) is 8.02. The Labute approximate surface area is 137 Å². The Kier molecular flexibility index (Phi) is 7.10. The maximum Gasteiger partial charge on any atom is 0.271 e. The maximum absolute atomic E-state index is 10.7. The van der Waals surface area contributed by atoms with E-state index in [9.17, 15) is 10.1 Å². The smallest absolute Gasteiger partial charge is 0.271 e. The Morgan fingerprint density at radius 1 is 1.27 bits per heavy atom. The van der Waals surface area contributed by atoms with Gasteiger partial charge in [0, 0.05) is 18.7 Å². The zero-order chi connectivity index (χ0) is 16.8. The summed E-state index contributed by atoms with van der Waals surface area (Å²) < 4.78 is 5.99. The van der Waals surface area contributed by atoms with Crippen LogP contribution in [0.3, 0.4) is 0 Å². The van der Waals surface area contributed by atoms with Crippen LogP contribution in [0.15, 0.2) is 18.2 Å². The molecule has 0 unspecified atom stereocenters. The van der Waals surface area contributed by atoms with Crippen molar-refractivity contribution in [2.75, 3.05) is 19.6 Å². The molecule has 0 aliphatic heterocycles. The largest absolute Gasteiger partial charge is 0.485 e. The van der Waals surface area contributed by atoms with E-state index in [4.69, 9.17) is 16.3 Å². The summed E-state index contributed by atoms with van der Waals surface area (Å²) in [6.07, 6.45) is 2.18. The number of hydrogen-bond donors (Lipinski definition) is 0. The summed E-state index contributed by atoms with van der Waals surface area (Å²) in [6, 6.07) is 4.29. The van der Waals surface area contributed by atoms with Crippen molar-refractivity contribution in [2.24, 2.45) is 0 Å². The van der Waals surface area contributed by atoms with E-state index in [2.05, 4.69) is 18.7 Å². The highest BCUT2D eigenvalue weighted by Gasteiger charge is 2.25. The first-order valence-electron chi connectivity index (χ1n) is 7.64. The van der Waals surface area contributed by atoms with Crippen LogP contribution in [-0.4, -0.2) is 35.1 Å². The fourth-order valence-corrected chi connectivity index (χ4v) is 2.67. The molecule has 0 spiro atoms. The molecule has 0 N–H and O–H groups in total. The molecule has 0 aliphatic rings. The van der Waals surface area contributed by atoms with Gasteiger partial charge in [-0.15, -0.1) is 0 Å². The Balaban J connectivity index is 2.80. The standard InChI is InChI=1S/C16H25ClN2O3/c1-5-9-18(10-6-2)12-16(3,4)22-15-8-7-13(19(20)21)11-14(15)17/h7-8,11H,5-6,9-10,12H2,1-4H3. The quantitative estimate of drug-likeness (QED) is 0.493. The topological polar surface area (TPSA) is 55.6 Å². The van der Waals surface area contributed by atoms with Crippen LogP contribution in [0.4, 0.5) is 5.69 Å². The molecule has 1 aromatic rings. The molecule has 0 radical (unpaired) electrons. The molecule has 22 heavy (non-hydrogen) atoms. The third-order valence-electron chi connectivity index (χ3n) is 3.20. The summed E-state index contributed by atoms with van der Waals surface area (Å²) in [4.78, 5) is 12.6. The van der Waals surface area contributed by atoms with Crippen molar-refractivity contribution < 1.29 is 9.66 Å². The summed E-state index contributed by atoms with van der Waals surface area (Å²) in [5.41, 5.74) is -0.460. The fraction of sp³-hybridized carbons (Fsp3) is 0.625. The zero-order valence-electron chi connectivity index (χ0n) is 13.8. The molecular weight excluding hydrogens is 304 g/mol. The summed E-state index contributed by atoms with van der Waals surface area (Å²) in [7, 11) is 0. The second kappa shape index (κ2) is 8.34. The van der Waals surface area contributed by atoms with Crippen LogP contribution in [0, 0.1) is 10.1 Å². The zero-order valence-corrected chi connectivity index (χ0v) is 14.5. The number of hydrogen-bond acceptors (Lipinski definition) is 4. The van der Waals surface area contributed by atoms with Gasteiger partial charge in [-0.2, -0.15) is 0 Å². The predicted molar refractivity (Wildman–Crippen MR) is 89.8 cm³/mol. The lowest BCUT2D eigenvalue weighted by atomic mass is 10.1. The number of non-ortho nitro benzene ring substituents is 1. The van der Waals surface area contributed by atoms with E-state index in [1.807, 2.05) is 13.8 Å². The summed E-state index contributed by atoms with van der Waals surface area (Å²) in [6.45, 7) is 11.1. The van der Waals surface area contributed by atoms with Gasteiger partial charge in [0.05, 0.1) is 9.95 Å². The van der Waals surface area contributed by atoms with Crippen LogP contribution in [0.25, 0.3) is 0 Å². The van der Waals surface area contributed by atoms with Crippen molar-refractivity contribution in [1.82, 2.24) is 4.90 Å². The van der Waals surface area contributed by atoms with Crippen molar-refractivity contribution in [3.63, 3.8) is 0 Å². The number of benzene rings is 1. The molecule has 0 heterocycles. The van der Waals surface area contributed by atoms with Crippen LogP contribution < -0.4 is 4.74 Å². The van der Waals surface area contributed by atoms with Crippen molar-refractivity contribution in [2.45, 2.75) is 46.1 Å². The lowest BCUT2D eigenvalue weighted by Gasteiger charge is -2.33. The van der Waals surface area contributed by atoms with Gasteiger partial charge in [0.15, 0.2) is 0 Å².